The van der Waals surface area contributed by atoms with Crippen LogP contribution in [0, 0.1) is 5.82 Å². The second kappa shape index (κ2) is 12.3. The summed E-state index contributed by atoms with van der Waals surface area (Å²) in [5.41, 5.74) is 6.37. The number of hydrogen-bond acceptors (Lipinski definition) is 10. The summed E-state index contributed by atoms with van der Waals surface area (Å²) in [6.07, 6.45) is 3.52. The van der Waals surface area contributed by atoms with Crippen LogP contribution in [0.3, 0.4) is 0 Å². The number of pyridine rings is 1. The number of aldehydes is 1. The molecule has 4 aromatic rings. The molecule has 0 aliphatic heterocycles. The van der Waals surface area contributed by atoms with Gasteiger partial charge in [-0.25, -0.2) is 19.9 Å². The van der Waals surface area contributed by atoms with Gasteiger partial charge in [0.1, 0.15) is 12.0 Å². The van der Waals surface area contributed by atoms with Crippen LogP contribution in [-0.2, 0) is 24.1 Å². The molecule has 12 nitrogen and oxygen atoms in total. The summed E-state index contributed by atoms with van der Waals surface area (Å²) in [7, 11) is 3.17. The maximum Gasteiger partial charge on any atom is 0.419 e. The van der Waals surface area contributed by atoms with Gasteiger partial charge in [-0.3, -0.25) is 4.79 Å². The molecule has 0 bridgehead atoms. The van der Waals surface area contributed by atoms with Crippen molar-refractivity contribution in [1.29, 1.82) is 0 Å². The lowest BCUT2D eigenvalue weighted by atomic mass is 10.1. The minimum absolute atomic E-state index is 0.0201. The third-order valence-corrected chi connectivity index (χ3v) is 6.12. The molecule has 1 aliphatic rings. The van der Waals surface area contributed by atoms with Crippen molar-refractivity contribution in [3.8, 4) is 11.4 Å². The fraction of sp³-hybridized carbons (Fsp3) is 0.320. The maximum absolute atomic E-state index is 14.1. The first-order chi connectivity index (χ1) is 19.5. The van der Waals surface area contributed by atoms with Crippen LogP contribution < -0.4 is 21.6 Å². The molecule has 3 heterocycles. The molecule has 1 saturated carbocycles. The zero-order chi connectivity index (χ0) is 29.7. The largest absolute Gasteiger partial charge is 0.494 e. The Morgan fingerprint density at radius 1 is 1.29 bits per heavy atom. The Balaban J connectivity index is 0.000000201. The van der Waals surface area contributed by atoms with Gasteiger partial charge in [-0.15, -0.1) is 5.10 Å². The highest BCUT2D eigenvalue weighted by molar-refractivity contribution is 5.71. The highest BCUT2D eigenvalue weighted by Gasteiger charge is 2.36. The second-order valence-electron chi connectivity index (χ2n) is 9.21. The standard InChI is InChI=1S/C15H16F3N5O.C10H12FN5O/c16-15(17,18)13-3-10(9-1-2-9)4-22-6-12(21-14(13)22)7-23(20)5-11(19)8-24;1-12-5-7-8(16-6-13-14-15-16)3-4-9(17-2)10(7)11/h3-6,8-9H,1-2,7,19-20H2;3-4,6,12H,5H2,1-2H3/b11-5-;. The van der Waals surface area contributed by atoms with E-state index in [1.54, 1.807) is 25.4 Å². The summed E-state index contributed by atoms with van der Waals surface area (Å²) in [5.74, 6) is 5.64. The number of carbonyl (C=O) groups excluding carboxylic acids is 1. The number of allylic oxidation sites excluding steroid dienone is 1. The van der Waals surface area contributed by atoms with Gasteiger partial charge in [-0.05, 0) is 60.0 Å². The number of methoxy groups -OCH3 is 1. The molecular weight excluding hydrogens is 548 g/mol. The quantitative estimate of drug-likeness (QED) is 0.0890. The van der Waals surface area contributed by atoms with Gasteiger partial charge in [0.2, 0.25) is 0 Å². The van der Waals surface area contributed by atoms with E-state index in [1.165, 1.54) is 41.0 Å². The van der Waals surface area contributed by atoms with E-state index in [-0.39, 0.29) is 29.6 Å². The van der Waals surface area contributed by atoms with Crippen molar-refractivity contribution in [2.45, 2.75) is 38.0 Å². The lowest BCUT2D eigenvalue weighted by Gasteiger charge is -2.12. The Labute approximate surface area is 231 Å². The number of hydrazine groups is 1. The predicted octanol–water partition coefficient (Wildman–Crippen LogP) is 2.43. The molecule has 16 heteroatoms. The maximum atomic E-state index is 14.1. The molecule has 0 amide bonds. The van der Waals surface area contributed by atoms with Gasteiger partial charge in [0.25, 0.3) is 0 Å². The van der Waals surface area contributed by atoms with Crippen molar-refractivity contribution in [2.24, 2.45) is 11.6 Å². The summed E-state index contributed by atoms with van der Waals surface area (Å²) in [4.78, 5) is 14.5. The fourth-order valence-electron chi connectivity index (χ4n) is 4.13. The monoisotopic (exact) mass is 576 g/mol. The molecule has 0 unspecified atom stereocenters. The number of nitrogens with one attached hydrogen (secondary N) is 1. The molecule has 0 atom stereocenters. The number of benzene rings is 1. The SMILES string of the molecule is CNCc1c(-n2cnnn2)ccc(OC)c1F.N/C(C=O)=C\N(N)Cc1cn2cc(C3CC3)cc(C(F)(F)F)c2n1. The lowest BCUT2D eigenvalue weighted by Crippen LogP contribution is -2.26. The lowest BCUT2D eigenvalue weighted by molar-refractivity contribution is -0.136. The summed E-state index contributed by atoms with van der Waals surface area (Å²) in [6.45, 7) is 0.379. The van der Waals surface area contributed by atoms with Crippen molar-refractivity contribution in [3.05, 3.63) is 77.0 Å². The Hall–Kier alpha value is -4.57. The normalized spacial score (nSPS) is 13.6. The van der Waals surface area contributed by atoms with Gasteiger partial charge in [0, 0.05) is 30.7 Å². The van der Waals surface area contributed by atoms with Crippen LogP contribution >= 0.6 is 0 Å². The van der Waals surface area contributed by atoms with Gasteiger partial charge in [-0.1, -0.05) is 0 Å². The van der Waals surface area contributed by atoms with E-state index >= 15 is 0 Å². The number of tetrazole rings is 1. The number of aromatic nitrogens is 6. The molecule has 41 heavy (non-hydrogen) atoms. The van der Waals surface area contributed by atoms with E-state index in [0.29, 0.717) is 35.3 Å². The van der Waals surface area contributed by atoms with Crippen LogP contribution in [0.2, 0.25) is 0 Å². The predicted molar refractivity (Wildman–Crippen MR) is 139 cm³/mol. The molecule has 1 aromatic carbocycles. The van der Waals surface area contributed by atoms with Gasteiger partial charge >= 0.3 is 6.18 Å². The molecule has 1 fully saturated rings. The number of carbonyl (C=O) groups is 1. The number of hydrogen-bond donors (Lipinski definition) is 3. The number of ether oxygens (including phenoxy) is 1. The minimum atomic E-state index is -4.49. The summed E-state index contributed by atoms with van der Waals surface area (Å²) < 4.78 is 61.8. The van der Waals surface area contributed by atoms with E-state index in [4.69, 9.17) is 16.3 Å². The minimum Gasteiger partial charge on any atom is -0.494 e. The van der Waals surface area contributed by atoms with Crippen molar-refractivity contribution in [3.63, 3.8) is 0 Å². The molecular formula is C25H28F4N10O2. The number of alkyl halides is 3. The first kappa shape index (κ1) is 29.4. The molecule has 0 radical (unpaired) electrons. The topological polar surface area (TPSA) is 155 Å². The number of rotatable bonds is 9. The summed E-state index contributed by atoms with van der Waals surface area (Å²) in [5, 5.41) is 14.8. The van der Waals surface area contributed by atoms with Gasteiger partial charge in [0.05, 0.1) is 36.3 Å². The van der Waals surface area contributed by atoms with Crippen LogP contribution in [0.25, 0.3) is 11.3 Å². The second-order valence-corrected chi connectivity index (χ2v) is 9.21. The molecule has 5 N–H and O–H groups in total. The molecule has 3 aromatic heterocycles. The number of imidazole rings is 1. The van der Waals surface area contributed by atoms with Crippen molar-refractivity contribution in [2.75, 3.05) is 14.2 Å². The van der Waals surface area contributed by atoms with Crippen LogP contribution in [0.5, 0.6) is 5.75 Å². The number of nitrogens with zero attached hydrogens (tertiary/aromatic N) is 7. The third kappa shape index (κ3) is 6.96. The highest BCUT2D eigenvalue weighted by atomic mass is 19.4. The van der Waals surface area contributed by atoms with E-state index in [2.05, 4.69) is 25.8 Å². The number of fused-ring (bicyclic) bond motifs is 1. The third-order valence-electron chi connectivity index (χ3n) is 6.12. The van der Waals surface area contributed by atoms with E-state index in [1.807, 2.05) is 0 Å². The number of nitrogens with two attached hydrogens (primary N) is 2. The van der Waals surface area contributed by atoms with E-state index in [9.17, 15) is 22.4 Å². The summed E-state index contributed by atoms with van der Waals surface area (Å²) >= 11 is 0. The van der Waals surface area contributed by atoms with E-state index in [0.717, 1.165) is 17.9 Å². The Bertz CT molecular complexity index is 1530. The molecule has 218 valence electrons. The smallest absolute Gasteiger partial charge is 0.419 e. The Morgan fingerprint density at radius 2 is 2.05 bits per heavy atom. The Kier molecular flexibility index (Phi) is 8.83. The molecule has 5 rings (SSSR count). The van der Waals surface area contributed by atoms with Crippen molar-refractivity contribution >= 4 is 11.9 Å². The van der Waals surface area contributed by atoms with Crippen LogP contribution in [0.4, 0.5) is 17.6 Å². The zero-order valence-corrected chi connectivity index (χ0v) is 22.1. The first-order valence-electron chi connectivity index (χ1n) is 12.3. The number of halogens is 4. The van der Waals surface area contributed by atoms with Crippen LogP contribution in [0.1, 0.15) is 41.1 Å². The van der Waals surface area contributed by atoms with Gasteiger partial charge in [0.15, 0.2) is 17.9 Å². The first-order valence-corrected chi connectivity index (χ1v) is 12.3. The summed E-state index contributed by atoms with van der Waals surface area (Å²) in [6, 6.07) is 4.44. The Morgan fingerprint density at radius 3 is 2.63 bits per heavy atom. The average molecular weight is 577 g/mol. The molecule has 1 aliphatic carbocycles. The zero-order valence-electron chi connectivity index (χ0n) is 22.1. The van der Waals surface area contributed by atoms with Crippen LogP contribution in [-0.4, -0.2) is 55.0 Å². The van der Waals surface area contributed by atoms with Crippen molar-refractivity contribution in [1.82, 2.24) is 39.9 Å². The van der Waals surface area contributed by atoms with E-state index < -0.39 is 17.6 Å². The van der Waals surface area contributed by atoms with Crippen LogP contribution in [0.15, 0.2) is 48.8 Å². The van der Waals surface area contributed by atoms with Gasteiger partial charge < -0.3 is 25.2 Å². The highest BCUT2D eigenvalue weighted by Crippen LogP contribution is 2.42. The molecule has 0 saturated heterocycles. The van der Waals surface area contributed by atoms with Crippen molar-refractivity contribution < 1.29 is 27.1 Å². The fourth-order valence-corrected chi connectivity index (χ4v) is 4.13. The molecule has 0 spiro atoms. The van der Waals surface area contributed by atoms with Gasteiger partial charge in [-0.2, -0.15) is 13.2 Å². The average Bonchev–Trinajstić information content (AvgIpc) is 3.48.